The van der Waals surface area contributed by atoms with E-state index in [1.807, 2.05) is 0 Å². The van der Waals surface area contributed by atoms with Gasteiger partial charge in [0, 0.05) is 5.41 Å². The molecule has 130 valence electrons. The summed E-state index contributed by atoms with van der Waals surface area (Å²) >= 11 is 0. The first-order chi connectivity index (χ1) is 11.1. The molecule has 0 radical (unpaired) electrons. The highest BCUT2D eigenvalue weighted by molar-refractivity contribution is 6.15. The quantitative estimate of drug-likeness (QED) is 0.562. The molecule has 0 bridgehead atoms. The molecule has 1 aliphatic rings. The lowest BCUT2D eigenvalue weighted by Crippen LogP contribution is -2.57. The molecule has 0 aliphatic carbocycles. The van der Waals surface area contributed by atoms with Gasteiger partial charge in [-0.15, -0.1) is 0 Å². The third kappa shape index (κ3) is 4.02. The number of hydrogen-bond donors (Lipinski definition) is 0. The highest BCUT2D eigenvalue weighted by Gasteiger charge is 2.51. The van der Waals surface area contributed by atoms with Crippen molar-refractivity contribution in [1.82, 2.24) is 0 Å². The first kappa shape index (κ1) is 18.6. The smallest absolute Gasteiger partial charge is 0.122 e. The summed E-state index contributed by atoms with van der Waals surface area (Å²) in [5, 5.41) is 0.127. The average molecular weight is 333 g/mol. The van der Waals surface area contributed by atoms with Crippen molar-refractivity contribution in [3.63, 3.8) is 0 Å². The summed E-state index contributed by atoms with van der Waals surface area (Å²) in [4.78, 5) is 0. The Bertz CT molecular complexity index is 476. The van der Waals surface area contributed by atoms with Crippen LogP contribution in [0.5, 0.6) is 5.75 Å². The molecule has 2 heteroatoms. The second kappa shape index (κ2) is 8.37. The Morgan fingerprint density at radius 3 is 2.09 bits per heavy atom. The molecule has 0 amide bonds. The predicted molar refractivity (Wildman–Crippen MR) is 104 cm³/mol. The van der Waals surface area contributed by atoms with Gasteiger partial charge in [0.25, 0.3) is 0 Å². The van der Waals surface area contributed by atoms with E-state index in [2.05, 4.69) is 45.0 Å². The third-order valence-electron chi connectivity index (χ3n) is 5.98. The largest absolute Gasteiger partial charge is 0.491 e. The maximum Gasteiger partial charge on any atom is 0.122 e. The van der Waals surface area contributed by atoms with Crippen molar-refractivity contribution in [2.75, 3.05) is 0 Å². The van der Waals surface area contributed by atoms with E-state index < -0.39 is 0 Å². The van der Waals surface area contributed by atoms with Crippen LogP contribution in [0.3, 0.4) is 0 Å². The van der Waals surface area contributed by atoms with E-state index in [1.165, 1.54) is 75.5 Å². The van der Waals surface area contributed by atoms with Gasteiger partial charge in [-0.05, 0) is 37.3 Å². The maximum absolute atomic E-state index is 6.79. The van der Waals surface area contributed by atoms with Gasteiger partial charge in [0.2, 0.25) is 0 Å². The fourth-order valence-corrected chi connectivity index (χ4v) is 5.59. The van der Waals surface area contributed by atoms with Crippen LogP contribution in [0.1, 0.15) is 84.1 Å². The number of benzene rings is 1. The van der Waals surface area contributed by atoms with Crippen LogP contribution in [-0.2, 0) is 6.42 Å². The Kier molecular flexibility index (Phi) is 6.76. The Balaban J connectivity index is 2.38. The van der Waals surface area contributed by atoms with Gasteiger partial charge in [-0.25, -0.2) is 0 Å². The van der Waals surface area contributed by atoms with Crippen molar-refractivity contribution in [2.24, 2.45) is 5.41 Å². The van der Waals surface area contributed by atoms with Crippen molar-refractivity contribution in [2.45, 2.75) is 90.2 Å². The number of unbranched alkanes of at least 4 members (excludes halogenated alkanes) is 3. The zero-order valence-electron chi connectivity index (χ0n) is 15.8. The molecule has 0 saturated heterocycles. The zero-order valence-corrected chi connectivity index (χ0v) is 17.8. The first-order valence-corrected chi connectivity index (χ1v) is 10.9. The Morgan fingerprint density at radius 1 is 0.913 bits per heavy atom. The predicted octanol–water partition coefficient (Wildman–Crippen LogP) is 5.24. The number of fused-ring (bicyclic) bond motifs is 1. The van der Waals surface area contributed by atoms with Crippen LogP contribution in [0, 0.1) is 5.41 Å². The van der Waals surface area contributed by atoms with E-state index in [0.29, 0.717) is 5.41 Å². The standard InChI is InChI=1S/C21H36OSi/c1-4-7-14-20(15-8-5-2)17-18-12-10-11-13-19(18)22-21(20,23)16-9-6-3/h10-13H,4-9,14-17H2,1-3,23H3. The monoisotopic (exact) mass is 332 g/mol. The molecule has 0 N–H and O–H groups in total. The molecular formula is C21H36OSi. The normalized spacial score (nSPS) is 22.6. The Morgan fingerprint density at radius 2 is 1.48 bits per heavy atom. The maximum atomic E-state index is 6.79. The van der Waals surface area contributed by atoms with Crippen molar-refractivity contribution in [3.8, 4) is 5.75 Å². The summed E-state index contributed by atoms with van der Waals surface area (Å²) in [5.41, 5.74) is 1.82. The lowest BCUT2D eigenvalue weighted by molar-refractivity contribution is -0.0338. The first-order valence-electron chi connectivity index (χ1n) is 9.87. The van der Waals surface area contributed by atoms with Crippen LogP contribution in [0.25, 0.3) is 0 Å². The molecule has 1 unspecified atom stereocenters. The molecule has 0 saturated carbocycles. The Hall–Kier alpha value is -0.763. The summed E-state index contributed by atoms with van der Waals surface area (Å²) in [6.07, 6.45) is 13.0. The van der Waals surface area contributed by atoms with Crippen molar-refractivity contribution >= 4 is 10.2 Å². The van der Waals surface area contributed by atoms with Crippen LogP contribution in [0.4, 0.5) is 0 Å². The molecule has 0 aromatic heterocycles. The molecule has 1 atom stereocenters. The number of ether oxygens (including phenoxy) is 1. The fourth-order valence-electron chi connectivity index (χ4n) is 4.34. The van der Waals surface area contributed by atoms with Gasteiger partial charge in [0.15, 0.2) is 0 Å². The summed E-state index contributed by atoms with van der Waals surface area (Å²) in [6, 6.07) is 8.80. The molecule has 23 heavy (non-hydrogen) atoms. The number of rotatable bonds is 9. The molecule has 2 rings (SSSR count). The second-order valence-corrected chi connectivity index (χ2v) is 9.32. The van der Waals surface area contributed by atoms with Crippen LogP contribution < -0.4 is 4.74 Å². The van der Waals surface area contributed by atoms with Crippen LogP contribution in [-0.4, -0.2) is 15.5 Å². The second-order valence-electron chi connectivity index (χ2n) is 7.71. The molecule has 1 aromatic carbocycles. The minimum Gasteiger partial charge on any atom is -0.491 e. The van der Waals surface area contributed by atoms with E-state index in [1.54, 1.807) is 0 Å². The summed E-state index contributed by atoms with van der Waals surface area (Å²) in [6.45, 7) is 6.96. The highest BCUT2D eigenvalue weighted by Crippen LogP contribution is 2.52. The minimum absolute atomic E-state index is 0.127. The van der Waals surface area contributed by atoms with Crippen LogP contribution in [0.2, 0.25) is 0 Å². The number of hydrogen-bond acceptors (Lipinski definition) is 1. The Labute approximate surface area is 146 Å². The van der Waals surface area contributed by atoms with Gasteiger partial charge in [0.1, 0.15) is 5.75 Å². The van der Waals surface area contributed by atoms with Gasteiger partial charge in [0.05, 0.1) is 15.5 Å². The molecular weight excluding hydrogens is 296 g/mol. The summed E-state index contributed by atoms with van der Waals surface area (Å²) in [7, 11) is 1.13. The van der Waals surface area contributed by atoms with Crippen LogP contribution >= 0.6 is 0 Å². The highest BCUT2D eigenvalue weighted by atomic mass is 28.1. The number of para-hydroxylation sites is 1. The SMILES string of the molecule is CCCCC1(CCCC)Cc2ccccc2OC1([SiH3])CCCC. The van der Waals surface area contributed by atoms with Gasteiger partial charge >= 0.3 is 0 Å². The van der Waals surface area contributed by atoms with E-state index in [0.717, 1.165) is 10.2 Å². The molecule has 0 fully saturated rings. The van der Waals surface area contributed by atoms with E-state index in [4.69, 9.17) is 4.74 Å². The molecule has 1 nitrogen and oxygen atoms in total. The lowest BCUT2D eigenvalue weighted by atomic mass is 9.66. The molecule has 1 heterocycles. The van der Waals surface area contributed by atoms with E-state index >= 15 is 0 Å². The molecule has 0 spiro atoms. The molecule has 1 aliphatic heterocycles. The third-order valence-corrected chi connectivity index (χ3v) is 7.75. The summed E-state index contributed by atoms with van der Waals surface area (Å²) in [5.74, 6) is 1.17. The van der Waals surface area contributed by atoms with E-state index in [9.17, 15) is 0 Å². The lowest BCUT2D eigenvalue weighted by Gasteiger charge is -2.53. The fraction of sp³-hybridized carbons (Fsp3) is 0.714. The van der Waals surface area contributed by atoms with E-state index in [-0.39, 0.29) is 5.22 Å². The topological polar surface area (TPSA) is 9.23 Å². The van der Waals surface area contributed by atoms with Crippen molar-refractivity contribution in [3.05, 3.63) is 29.8 Å². The average Bonchev–Trinajstić information content (AvgIpc) is 2.57. The molecule has 1 aromatic rings. The van der Waals surface area contributed by atoms with Gasteiger partial charge in [-0.2, -0.15) is 0 Å². The van der Waals surface area contributed by atoms with Crippen molar-refractivity contribution in [1.29, 1.82) is 0 Å². The van der Waals surface area contributed by atoms with Crippen molar-refractivity contribution < 1.29 is 4.74 Å². The minimum atomic E-state index is 0.127. The van der Waals surface area contributed by atoms with Gasteiger partial charge in [-0.1, -0.05) is 77.5 Å². The zero-order chi connectivity index (χ0) is 16.8. The van der Waals surface area contributed by atoms with Gasteiger partial charge in [-0.3, -0.25) is 0 Å². The van der Waals surface area contributed by atoms with Gasteiger partial charge < -0.3 is 4.74 Å². The summed E-state index contributed by atoms with van der Waals surface area (Å²) < 4.78 is 6.79. The van der Waals surface area contributed by atoms with Crippen LogP contribution in [0.15, 0.2) is 24.3 Å².